The first-order valence-corrected chi connectivity index (χ1v) is 9.64. The van der Waals surface area contributed by atoms with Crippen molar-refractivity contribution in [2.24, 2.45) is 0 Å². The summed E-state index contributed by atoms with van der Waals surface area (Å²) in [5.74, 6) is -0.101. The fraction of sp³-hybridized carbons (Fsp3) is 0.579. The minimum absolute atomic E-state index is 0.0167. The topological polar surface area (TPSA) is 70.2 Å². The van der Waals surface area contributed by atoms with Crippen LogP contribution in [-0.2, 0) is 4.79 Å². The van der Waals surface area contributed by atoms with Gasteiger partial charge in [-0.1, -0.05) is 0 Å². The Morgan fingerprint density at radius 1 is 1.20 bits per heavy atom. The fourth-order valence-corrected chi connectivity index (χ4v) is 4.97. The third kappa shape index (κ3) is 4.18. The Balaban J connectivity index is 1.74. The molecule has 2 heterocycles. The molecule has 2 aliphatic rings. The van der Waals surface area contributed by atoms with Crippen molar-refractivity contribution in [3.63, 3.8) is 0 Å². The largest absolute Gasteiger partial charge is 0.349 e. The van der Waals surface area contributed by atoms with E-state index in [9.17, 15) is 9.59 Å². The van der Waals surface area contributed by atoms with Crippen molar-refractivity contribution in [3.05, 3.63) is 23.8 Å². The van der Waals surface area contributed by atoms with Gasteiger partial charge < -0.3 is 16.0 Å². The van der Waals surface area contributed by atoms with Crippen molar-refractivity contribution >= 4 is 29.3 Å². The van der Waals surface area contributed by atoms with Gasteiger partial charge in [0.2, 0.25) is 5.91 Å². The molecule has 1 atom stereocenters. The molecule has 0 unspecified atom stereocenters. The number of rotatable bonds is 2. The lowest BCUT2D eigenvalue weighted by Crippen LogP contribution is -2.62. The van der Waals surface area contributed by atoms with Crippen LogP contribution in [0.2, 0.25) is 0 Å². The van der Waals surface area contributed by atoms with Crippen molar-refractivity contribution in [3.8, 4) is 0 Å². The van der Waals surface area contributed by atoms with Crippen LogP contribution in [-0.4, -0.2) is 34.2 Å². The summed E-state index contributed by atoms with van der Waals surface area (Å²) in [7, 11) is 0. The number of carbonyl (C=O) groups excluding carboxylic acids is 2. The number of thioether (sulfide) groups is 1. The van der Waals surface area contributed by atoms with E-state index in [0.29, 0.717) is 5.56 Å². The zero-order valence-corrected chi connectivity index (χ0v) is 16.3. The number of benzene rings is 1. The van der Waals surface area contributed by atoms with Crippen LogP contribution in [0.3, 0.4) is 0 Å². The van der Waals surface area contributed by atoms with Crippen molar-refractivity contribution in [2.45, 2.75) is 74.7 Å². The number of fused-ring (bicyclic) bond motifs is 1. The molecule has 1 saturated heterocycles. The standard InChI is InChI=1S/C19H27N3O2S/c1-11-16(23)21-14-8-12(6-7-15(14)25-11)17(24)20-13-9-18(2,3)22-19(4,5)10-13/h6-8,11,13,22H,9-10H2,1-5H3,(H,20,24)(H,21,23)/t11-/m1/s1. The van der Waals surface area contributed by atoms with E-state index < -0.39 is 0 Å². The SMILES string of the molecule is C[C@H]1Sc2ccc(C(=O)NC3CC(C)(C)NC(C)(C)C3)cc2NC1=O. The first-order chi connectivity index (χ1) is 11.5. The second-order valence-electron chi connectivity index (χ2n) is 8.43. The molecule has 0 aliphatic carbocycles. The molecule has 1 fully saturated rings. The molecule has 1 aromatic carbocycles. The van der Waals surface area contributed by atoms with Crippen LogP contribution in [0.25, 0.3) is 0 Å². The Labute approximate surface area is 153 Å². The molecule has 0 radical (unpaired) electrons. The van der Waals surface area contributed by atoms with Gasteiger partial charge in [-0.05, 0) is 65.7 Å². The molecule has 0 aromatic heterocycles. The Kier molecular flexibility index (Phi) is 4.62. The number of hydrogen-bond acceptors (Lipinski definition) is 4. The highest BCUT2D eigenvalue weighted by Gasteiger charge is 2.38. The lowest BCUT2D eigenvalue weighted by Gasteiger charge is -2.46. The molecular weight excluding hydrogens is 334 g/mol. The van der Waals surface area contributed by atoms with Gasteiger partial charge in [0.05, 0.1) is 10.9 Å². The summed E-state index contributed by atoms with van der Waals surface area (Å²) in [5, 5.41) is 9.58. The molecule has 3 N–H and O–H groups in total. The van der Waals surface area contributed by atoms with Gasteiger partial charge in [-0.2, -0.15) is 0 Å². The Hall–Kier alpha value is -1.53. The summed E-state index contributed by atoms with van der Waals surface area (Å²) in [6.07, 6.45) is 1.77. The van der Waals surface area contributed by atoms with E-state index in [1.807, 2.05) is 19.1 Å². The molecule has 0 saturated carbocycles. The number of amides is 2. The molecule has 3 rings (SSSR count). The van der Waals surface area contributed by atoms with Crippen LogP contribution < -0.4 is 16.0 Å². The molecule has 25 heavy (non-hydrogen) atoms. The summed E-state index contributed by atoms with van der Waals surface area (Å²) in [5.41, 5.74) is 1.28. The normalized spacial score (nSPS) is 25.0. The lowest BCUT2D eigenvalue weighted by molar-refractivity contribution is -0.115. The van der Waals surface area contributed by atoms with Gasteiger partial charge in [-0.15, -0.1) is 11.8 Å². The third-order valence-corrected chi connectivity index (χ3v) is 5.88. The van der Waals surface area contributed by atoms with Gasteiger partial charge in [0.15, 0.2) is 0 Å². The van der Waals surface area contributed by atoms with E-state index >= 15 is 0 Å². The maximum absolute atomic E-state index is 12.7. The maximum atomic E-state index is 12.7. The summed E-state index contributed by atoms with van der Waals surface area (Å²) >= 11 is 1.52. The minimum Gasteiger partial charge on any atom is -0.349 e. The van der Waals surface area contributed by atoms with E-state index in [2.05, 4.69) is 43.6 Å². The van der Waals surface area contributed by atoms with E-state index in [1.165, 1.54) is 11.8 Å². The number of carbonyl (C=O) groups is 2. The molecule has 6 heteroatoms. The molecule has 5 nitrogen and oxygen atoms in total. The summed E-state index contributed by atoms with van der Waals surface area (Å²) in [4.78, 5) is 25.6. The van der Waals surface area contributed by atoms with E-state index in [4.69, 9.17) is 0 Å². The van der Waals surface area contributed by atoms with E-state index in [0.717, 1.165) is 23.4 Å². The van der Waals surface area contributed by atoms with E-state index in [1.54, 1.807) is 6.07 Å². The zero-order valence-electron chi connectivity index (χ0n) is 15.5. The summed E-state index contributed by atoms with van der Waals surface area (Å²) < 4.78 is 0. The van der Waals surface area contributed by atoms with Gasteiger partial charge in [0.1, 0.15) is 0 Å². The van der Waals surface area contributed by atoms with Crippen molar-refractivity contribution in [1.29, 1.82) is 0 Å². The Bertz CT molecular complexity index is 699. The summed E-state index contributed by atoms with van der Waals surface area (Å²) in [6, 6.07) is 5.65. The Morgan fingerprint density at radius 2 is 1.84 bits per heavy atom. The average molecular weight is 362 g/mol. The molecule has 1 aromatic rings. The lowest BCUT2D eigenvalue weighted by atomic mass is 9.79. The monoisotopic (exact) mass is 361 g/mol. The van der Waals surface area contributed by atoms with Crippen LogP contribution in [0.4, 0.5) is 5.69 Å². The number of piperidine rings is 1. The molecule has 136 valence electrons. The van der Waals surface area contributed by atoms with Gasteiger partial charge in [0.25, 0.3) is 5.91 Å². The predicted octanol–water partition coefficient (Wildman–Crippen LogP) is 3.16. The van der Waals surface area contributed by atoms with Gasteiger partial charge in [0, 0.05) is 27.6 Å². The number of nitrogens with one attached hydrogen (secondary N) is 3. The first-order valence-electron chi connectivity index (χ1n) is 8.76. The molecule has 2 aliphatic heterocycles. The van der Waals surface area contributed by atoms with E-state index in [-0.39, 0.29) is 34.2 Å². The number of anilines is 1. The van der Waals surface area contributed by atoms with Crippen LogP contribution >= 0.6 is 11.8 Å². The maximum Gasteiger partial charge on any atom is 0.251 e. The smallest absolute Gasteiger partial charge is 0.251 e. The highest BCUT2D eigenvalue weighted by Crippen LogP contribution is 2.36. The van der Waals surface area contributed by atoms with Gasteiger partial charge >= 0.3 is 0 Å². The molecular formula is C19H27N3O2S. The fourth-order valence-electron chi connectivity index (χ4n) is 4.04. The highest BCUT2D eigenvalue weighted by molar-refractivity contribution is 8.00. The first kappa shape index (κ1) is 18.3. The van der Waals surface area contributed by atoms with Crippen LogP contribution in [0, 0.1) is 0 Å². The highest BCUT2D eigenvalue weighted by atomic mass is 32.2. The zero-order chi connectivity index (χ0) is 18.4. The quantitative estimate of drug-likeness (QED) is 0.757. The minimum atomic E-state index is -0.105. The second-order valence-corrected chi connectivity index (χ2v) is 9.81. The third-order valence-electron chi connectivity index (χ3n) is 4.70. The molecule has 0 spiro atoms. The van der Waals surface area contributed by atoms with Crippen LogP contribution in [0.1, 0.15) is 57.8 Å². The van der Waals surface area contributed by atoms with Gasteiger partial charge in [-0.25, -0.2) is 0 Å². The number of hydrogen-bond donors (Lipinski definition) is 3. The predicted molar refractivity (Wildman–Crippen MR) is 102 cm³/mol. The molecule has 0 bridgehead atoms. The van der Waals surface area contributed by atoms with Crippen LogP contribution in [0.5, 0.6) is 0 Å². The average Bonchev–Trinajstić information content (AvgIpc) is 2.44. The second kappa shape index (κ2) is 6.32. The Morgan fingerprint density at radius 3 is 2.48 bits per heavy atom. The van der Waals surface area contributed by atoms with Crippen molar-refractivity contribution in [2.75, 3.05) is 5.32 Å². The van der Waals surface area contributed by atoms with Crippen LogP contribution in [0.15, 0.2) is 23.1 Å². The van der Waals surface area contributed by atoms with Crippen molar-refractivity contribution < 1.29 is 9.59 Å². The van der Waals surface area contributed by atoms with Gasteiger partial charge in [-0.3, -0.25) is 9.59 Å². The summed E-state index contributed by atoms with van der Waals surface area (Å²) in [6.45, 7) is 10.5. The molecule has 2 amide bonds. The van der Waals surface area contributed by atoms with Crippen molar-refractivity contribution in [1.82, 2.24) is 10.6 Å².